The van der Waals surface area contributed by atoms with Crippen molar-refractivity contribution in [2.24, 2.45) is 0 Å². The fourth-order valence-corrected chi connectivity index (χ4v) is 2.93. The molecule has 30 heavy (non-hydrogen) atoms. The summed E-state index contributed by atoms with van der Waals surface area (Å²) in [5.74, 6) is 0.927. The Labute approximate surface area is 174 Å². The van der Waals surface area contributed by atoms with Gasteiger partial charge in [-0.2, -0.15) is 10.5 Å². The largest absolute Gasteiger partial charge is 0.489 e. The number of rotatable bonds is 5. The van der Waals surface area contributed by atoms with Crippen molar-refractivity contribution in [3.63, 3.8) is 0 Å². The molecule has 2 heterocycles. The van der Waals surface area contributed by atoms with Crippen LogP contribution in [0, 0.1) is 11.3 Å². The molecule has 1 aromatic carbocycles. The normalized spacial score (nSPS) is 17.2. The molecular formula is C20H25N7O3. The first kappa shape index (κ1) is 21.1. The number of aromatic nitrogens is 4. The minimum absolute atomic E-state index is 0.0894. The van der Waals surface area contributed by atoms with E-state index in [-0.39, 0.29) is 23.6 Å². The average Bonchev–Trinajstić information content (AvgIpc) is 3.23. The number of benzene rings is 1. The molecule has 1 aliphatic rings. The number of nitrogens with one attached hydrogen (secondary N) is 2. The van der Waals surface area contributed by atoms with Crippen LogP contribution in [-0.2, 0) is 4.74 Å². The third-order valence-corrected chi connectivity index (χ3v) is 4.28. The van der Waals surface area contributed by atoms with Crippen molar-refractivity contribution in [3.8, 4) is 11.8 Å². The van der Waals surface area contributed by atoms with Crippen LogP contribution in [0.4, 0.5) is 10.5 Å². The van der Waals surface area contributed by atoms with Crippen molar-refractivity contribution in [2.45, 2.75) is 45.3 Å². The highest BCUT2D eigenvalue weighted by Gasteiger charge is 2.28. The van der Waals surface area contributed by atoms with Crippen LogP contribution in [0.25, 0.3) is 5.57 Å². The number of piperidine rings is 1. The SMILES string of the molecule is CC(C)(C)OC(=O)N1CCCC(Oc2ccc(NC=C(C#N)c3nn[nH]n3)cc2)C1. The molecule has 1 amide bonds. The number of tetrazole rings is 1. The summed E-state index contributed by atoms with van der Waals surface area (Å²) in [6, 6.07) is 9.36. The summed E-state index contributed by atoms with van der Waals surface area (Å²) >= 11 is 0. The van der Waals surface area contributed by atoms with Crippen molar-refractivity contribution in [2.75, 3.05) is 18.4 Å². The first-order chi connectivity index (χ1) is 14.3. The fourth-order valence-electron chi connectivity index (χ4n) is 2.93. The number of ether oxygens (including phenoxy) is 2. The van der Waals surface area contributed by atoms with Crippen LogP contribution >= 0.6 is 0 Å². The zero-order valence-corrected chi connectivity index (χ0v) is 17.3. The number of hydrogen-bond acceptors (Lipinski definition) is 8. The van der Waals surface area contributed by atoms with Gasteiger partial charge in [-0.25, -0.2) is 4.79 Å². The van der Waals surface area contributed by atoms with E-state index in [1.165, 1.54) is 6.20 Å². The molecule has 2 N–H and O–H groups in total. The minimum Gasteiger partial charge on any atom is -0.489 e. The molecule has 0 bridgehead atoms. The topological polar surface area (TPSA) is 129 Å². The van der Waals surface area contributed by atoms with E-state index in [9.17, 15) is 10.1 Å². The summed E-state index contributed by atoms with van der Waals surface area (Å²) in [7, 11) is 0. The minimum atomic E-state index is -0.517. The molecule has 0 spiro atoms. The van der Waals surface area contributed by atoms with E-state index in [1.807, 2.05) is 51.1 Å². The number of aromatic amines is 1. The van der Waals surface area contributed by atoms with Gasteiger partial charge in [-0.1, -0.05) is 0 Å². The van der Waals surface area contributed by atoms with Gasteiger partial charge in [-0.3, -0.25) is 0 Å². The summed E-state index contributed by atoms with van der Waals surface area (Å²) in [5, 5.41) is 25.5. The zero-order valence-electron chi connectivity index (χ0n) is 17.3. The van der Waals surface area contributed by atoms with E-state index in [0.29, 0.717) is 18.8 Å². The second-order valence-corrected chi connectivity index (χ2v) is 7.88. The summed E-state index contributed by atoms with van der Waals surface area (Å²) < 4.78 is 11.5. The van der Waals surface area contributed by atoms with E-state index in [0.717, 1.165) is 18.5 Å². The number of carbonyl (C=O) groups excluding carboxylic acids is 1. The van der Waals surface area contributed by atoms with Gasteiger partial charge in [-0.05, 0) is 63.1 Å². The Morgan fingerprint density at radius 3 is 2.77 bits per heavy atom. The number of H-pyrrole nitrogens is 1. The van der Waals surface area contributed by atoms with Gasteiger partial charge in [0.2, 0.25) is 5.82 Å². The zero-order chi connectivity index (χ0) is 21.6. The van der Waals surface area contributed by atoms with Gasteiger partial charge in [0, 0.05) is 18.4 Å². The highest BCUT2D eigenvalue weighted by molar-refractivity contribution is 5.74. The third-order valence-electron chi connectivity index (χ3n) is 4.28. The van der Waals surface area contributed by atoms with Crippen LogP contribution in [0.3, 0.4) is 0 Å². The van der Waals surface area contributed by atoms with Gasteiger partial charge in [0.1, 0.15) is 29.1 Å². The maximum Gasteiger partial charge on any atom is 0.410 e. The van der Waals surface area contributed by atoms with Crippen molar-refractivity contribution in [1.82, 2.24) is 25.5 Å². The van der Waals surface area contributed by atoms with E-state index in [2.05, 4.69) is 25.9 Å². The lowest BCUT2D eigenvalue weighted by Gasteiger charge is -2.34. The molecule has 1 aromatic heterocycles. The Bertz CT molecular complexity index is 911. The van der Waals surface area contributed by atoms with Crippen LogP contribution in [0.15, 0.2) is 30.5 Å². The Morgan fingerprint density at radius 1 is 1.37 bits per heavy atom. The maximum atomic E-state index is 12.3. The van der Waals surface area contributed by atoms with Crippen LogP contribution in [0.1, 0.15) is 39.4 Å². The quantitative estimate of drug-likeness (QED) is 0.719. The molecule has 10 nitrogen and oxygen atoms in total. The third kappa shape index (κ3) is 5.94. The lowest BCUT2D eigenvalue weighted by molar-refractivity contribution is 0.00776. The van der Waals surface area contributed by atoms with Gasteiger partial charge in [0.05, 0.1) is 6.54 Å². The summed E-state index contributed by atoms with van der Waals surface area (Å²) in [6.45, 7) is 6.74. The smallest absolute Gasteiger partial charge is 0.410 e. The van der Waals surface area contributed by atoms with Crippen molar-refractivity contribution in [3.05, 3.63) is 36.3 Å². The van der Waals surface area contributed by atoms with E-state index < -0.39 is 5.60 Å². The summed E-state index contributed by atoms with van der Waals surface area (Å²) in [6.07, 6.45) is 2.85. The molecule has 2 aromatic rings. The molecule has 1 saturated heterocycles. The first-order valence-corrected chi connectivity index (χ1v) is 9.69. The van der Waals surface area contributed by atoms with Gasteiger partial charge in [0.25, 0.3) is 0 Å². The van der Waals surface area contributed by atoms with Crippen LogP contribution in [0.5, 0.6) is 5.75 Å². The number of amides is 1. The molecule has 1 atom stereocenters. The Balaban J connectivity index is 1.55. The number of hydrogen-bond donors (Lipinski definition) is 2. The Hall–Kier alpha value is -3.61. The number of nitriles is 1. The highest BCUT2D eigenvalue weighted by Crippen LogP contribution is 2.22. The van der Waals surface area contributed by atoms with E-state index in [4.69, 9.17) is 9.47 Å². The molecular weight excluding hydrogens is 386 g/mol. The molecule has 0 saturated carbocycles. The lowest BCUT2D eigenvalue weighted by atomic mass is 10.1. The molecule has 158 valence electrons. The van der Waals surface area contributed by atoms with Gasteiger partial charge < -0.3 is 19.7 Å². The van der Waals surface area contributed by atoms with Crippen molar-refractivity contribution < 1.29 is 14.3 Å². The fraction of sp³-hybridized carbons (Fsp3) is 0.450. The van der Waals surface area contributed by atoms with E-state index in [1.54, 1.807) is 4.90 Å². The number of carbonyl (C=O) groups is 1. The molecule has 1 fully saturated rings. The molecule has 0 radical (unpaired) electrons. The van der Waals surface area contributed by atoms with E-state index >= 15 is 0 Å². The van der Waals surface area contributed by atoms with Gasteiger partial charge >= 0.3 is 6.09 Å². The lowest BCUT2D eigenvalue weighted by Crippen LogP contribution is -2.46. The molecule has 0 aliphatic carbocycles. The summed E-state index contributed by atoms with van der Waals surface area (Å²) in [5.41, 5.74) is 0.517. The van der Waals surface area contributed by atoms with Gasteiger partial charge in [0.15, 0.2) is 0 Å². The van der Waals surface area contributed by atoms with Crippen LogP contribution in [0.2, 0.25) is 0 Å². The molecule has 1 unspecified atom stereocenters. The number of anilines is 1. The highest BCUT2D eigenvalue weighted by atomic mass is 16.6. The van der Waals surface area contributed by atoms with Gasteiger partial charge in [-0.15, -0.1) is 10.2 Å². The Morgan fingerprint density at radius 2 is 2.13 bits per heavy atom. The first-order valence-electron chi connectivity index (χ1n) is 9.69. The standard InChI is InChI=1S/C20H25N7O3/c1-20(2,3)30-19(28)27-10-4-5-17(13-27)29-16-8-6-15(7-9-16)22-12-14(11-21)18-23-25-26-24-18/h6-9,12,17,22H,4-5,10,13H2,1-3H3,(H,23,24,25,26). The van der Waals surface area contributed by atoms with Crippen molar-refractivity contribution in [1.29, 1.82) is 5.26 Å². The van der Waals surface area contributed by atoms with Crippen LogP contribution < -0.4 is 10.1 Å². The predicted octanol–water partition coefficient (Wildman–Crippen LogP) is 2.95. The molecule has 3 rings (SSSR count). The number of nitrogens with zero attached hydrogens (tertiary/aromatic N) is 5. The maximum absolute atomic E-state index is 12.3. The second kappa shape index (κ2) is 9.26. The summed E-state index contributed by atoms with van der Waals surface area (Å²) in [4.78, 5) is 14.0. The predicted molar refractivity (Wildman–Crippen MR) is 109 cm³/mol. The van der Waals surface area contributed by atoms with Crippen molar-refractivity contribution >= 4 is 17.4 Å². The molecule has 10 heteroatoms. The number of likely N-dealkylation sites (tertiary alicyclic amines) is 1. The molecule has 1 aliphatic heterocycles. The Kier molecular flexibility index (Phi) is 6.51. The number of allylic oxidation sites excluding steroid dienone is 1. The monoisotopic (exact) mass is 411 g/mol. The average molecular weight is 411 g/mol. The van der Waals surface area contributed by atoms with Crippen LogP contribution in [-0.4, -0.2) is 56.4 Å². The second-order valence-electron chi connectivity index (χ2n) is 7.88.